The number of halogens is 3. The molecule has 148 valence electrons. The Morgan fingerprint density at radius 1 is 1.14 bits per heavy atom. The predicted octanol–water partition coefficient (Wildman–Crippen LogP) is 2.59. The van der Waals surface area contributed by atoms with Crippen molar-refractivity contribution in [3.63, 3.8) is 0 Å². The van der Waals surface area contributed by atoms with Crippen molar-refractivity contribution in [3.8, 4) is 5.82 Å². The molecule has 0 aliphatic rings. The molecule has 1 N–H and O–H groups in total. The molecule has 11 heteroatoms. The molecule has 0 amide bonds. The highest BCUT2D eigenvalue weighted by molar-refractivity contribution is 7.98. The normalized spacial score (nSPS) is 11.3. The molecule has 0 saturated carbocycles. The average molecular weight is 419 g/mol. The summed E-state index contributed by atoms with van der Waals surface area (Å²) in [4.78, 5) is 30.7. The molecule has 0 fully saturated rings. The van der Waals surface area contributed by atoms with Crippen LogP contribution in [0.4, 0.5) is 13.2 Å². The molecule has 3 heterocycles. The molecular formula is C18H12F3N5O2S. The Morgan fingerprint density at radius 3 is 2.52 bits per heavy atom. The molecule has 0 unspecified atom stereocenters. The zero-order chi connectivity index (χ0) is 20.7. The number of rotatable bonds is 4. The van der Waals surface area contributed by atoms with E-state index in [0.29, 0.717) is 17.8 Å². The van der Waals surface area contributed by atoms with Gasteiger partial charge >= 0.3 is 0 Å². The number of benzene rings is 1. The zero-order valence-electron chi connectivity index (χ0n) is 14.8. The van der Waals surface area contributed by atoms with Gasteiger partial charge in [-0.25, -0.2) is 22.7 Å². The van der Waals surface area contributed by atoms with Crippen LogP contribution in [0.3, 0.4) is 0 Å². The smallest absolute Gasteiger partial charge is 0.283 e. The summed E-state index contributed by atoms with van der Waals surface area (Å²) in [7, 11) is 0. The molecule has 1 aromatic carbocycles. The first-order valence-corrected chi connectivity index (χ1v) is 9.25. The molecule has 3 aromatic heterocycles. The van der Waals surface area contributed by atoms with Crippen LogP contribution in [-0.2, 0) is 5.75 Å². The second-order valence-corrected chi connectivity index (χ2v) is 7.13. The second-order valence-electron chi connectivity index (χ2n) is 6.13. The first kappa shape index (κ1) is 19.0. The quantitative estimate of drug-likeness (QED) is 0.514. The lowest BCUT2D eigenvalue weighted by atomic mass is 10.2. The number of aryl methyl sites for hydroxylation is 1. The Balaban J connectivity index is 1.84. The fraction of sp³-hybridized carbons (Fsp3) is 0.111. The Kier molecular flexibility index (Phi) is 4.74. The summed E-state index contributed by atoms with van der Waals surface area (Å²) in [6.45, 7) is 1.71. The van der Waals surface area contributed by atoms with Gasteiger partial charge in [0.25, 0.3) is 11.1 Å². The molecule has 0 aliphatic carbocycles. The van der Waals surface area contributed by atoms with Crippen molar-refractivity contribution in [2.45, 2.75) is 17.7 Å². The van der Waals surface area contributed by atoms with Crippen molar-refractivity contribution in [1.82, 2.24) is 24.1 Å². The van der Waals surface area contributed by atoms with Gasteiger partial charge in [0.1, 0.15) is 28.0 Å². The average Bonchev–Trinajstić information content (AvgIpc) is 3.03. The summed E-state index contributed by atoms with van der Waals surface area (Å²) in [5.74, 6) is -3.16. The van der Waals surface area contributed by atoms with Crippen molar-refractivity contribution in [2.24, 2.45) is 0 Å². The van der Waals surface area contributed by atoms with E-state index in [1.54, 1.807) is 13.0 Å². The number of fused-ring (bicyclic) bond motifs is 1. The lowest BCUT2D eigenvalue weighted by Gasteiger charge is -2.12. The van der Waals surface area contributed by atoms with Gasteiger partial charge in [-0.2, -0.15) is 5.10 Å². The molecule has 4 rings (SSSR count). The second kappa shape index (κ2) is 7.24. The van der Waals surface area contributed by atoms with Gasteiger partial charge in [0, 0.05) is 29.6 Å². The van der Waals surface area contributed by atoms with Crippen LogP contribution < -0.4 is 11.1 Å². The molecule has 0 radical (unpaired) electrons. The fourth-order valence-corrected chi connectivity index (χ4v) is 3.83. The van der Waals surface area contributed by atoms with Gasteiger partial charge in [0.2, 0.25) is 0 Å². The van der Waals surface area contributed by atoms with Gasteiger partial charge < -0.3 is 4.98 Å². The lowest BCUT2D eigenvalue weighted by Crippen LogP contribution is -2.24. The highest BCUT2D eigenvalue weighted by atomic mass is 32.2. The largest absolute Gasteiger partial charge is 0.324 e. The minimum Gasteiger partial charge on any atom is -0.324 e. The standard InChI is InChI=1S/C18H12F3N5O2S/c1-9-2-14-18(28)26(15-5-23-16(27)6-22-15)17(7-25(14)24-9)29-8-11-12(20)3-10(19)4-13(11)21/h2-7H,8H2,1H3,(H,23,27). The van der Waals surface area contributed by atoms with E-state index in [0.717, 1.165) is 18.0 Å². The van der Waals surface area contributed by atoms with Crippen LogP contribution in [0.25, 0.3) is 11.3 Å². The Hall–Kier alpha value is -3.34. The van der Waals surface area contributed by atoms with Crippen LogP contribution in [0.5, 0.6) is 0 Å². The van der Waals surface area contributed by atoms with Gasteiger partial charge in [-0.3, -0.25) is 14.2 Å². The van der Waals surface area contributed by atoms with Crippen LogP contribution in [0, 0.1) is 24.4 Å². The van der Waals surface area contributed by atoms with E-state index in [4.69, 9.17) is 0 Å². The SMILES string of the molecule is Cc1cc2c(=O)n(-c3c[nH]c(=O)cn3)c(SCc3c(F)cc(F)cc3F)cn2n1. The number of nitrogens with zero attached hydrogens (tertiary/aromatic N) is 4. The summed E-state index contributed by atoms with van der Waals surface area (Å²) in [5, 5.41) is 4.47. The third kappa shape index (κ3) is 3.56. The van der Waals surface area contributed by atoms with E-state index in [1.807, 2.05) is 0 Å². The van der Waals surface area contributed by atoms with Gasteiger partial charge in [-0.15, -0.1) is 11.8 Å². The van der Waals surface area contributed by atoms with Gasteiger partial charge in [0.05, 0.1) is 18.1 Å². The minimum absolute atomic E-state index is 0.124. The Bertz CT molecular complexity index is 1320. The Morgan fingerprint density at radius 2 is 1.86 bits per heavy atom. The summed E-state index contributed by atoms with van der Waals surface area (Å²) in [6.07, 6.45) is 3.79. The molecule has 0 saturated heterocycles. The van der Waals surface area contributed by atoms with Crippen LogP contribution in [-0.4, -0.2) is 24.1 Å². The first-order valence-electron chi connectivity index (χ1n) is 8.27. The first-order chi connectivity index (χ1) is 13.8. The topological polar surface area (TPSA) is 85.0 Å². The highest BCUT2D eigenvalue weighted by Crippen LogP contribution is 2.27. The van der Waals surface area contributed by atoms with E-state index in [2.05, 4.69) is 15.1 Å². The maximum atomic E-state index is 14.0. The van der Waals surface area contributed by atoms with Crippen LogP contribution >= 0.6 is 11.8 Å². The van der Waals surface area contributed by atoms with E-state index < -0.39 is 28.6 Å². The molecule has 7 nitrogen and oxygen atoms in total. The number of H-pyrrole nitrogens is 1. The van der Waals surface area contributed by atoms with Crippen LogP contribution in [0.15, 0.2) is 51.4 Å². The van der Waals surface area contributed by atoms with E-state index in [-0.39, 0.29) is 27.7 Å². The van der Waals surface area contributed by atoms with Crippen LogP contribution in [0.1, 0.15) is 11.3 Å². The fourth-order valence-electron chi connectivity index (χ4n) is 2.78. The number of aromatic nitrogens is 5. The lowest BCUT2D eigenvalue weighted by molar-refractivity contribution is 0.531. The van der Waals surface area contributed by atoms with Crippen LogP contribution in [0.2, 0.25) is 0 Å². The third-order valence-corrected chi connectivity index (χ3v) is 5.11. The molecular weight excluding hydrogens is 407 g/mol. The number of thioether (sulfide) groups is 1. The maximum absolute atomic E-state index is 14.0. The number of aromatic amines is 1. The molecule has 29 heavy (non-hydrogen) atoms. The van der Waals surface area contributed by atoms with Crippen molar-refractivity contribution in [1.29, 1.82) is 0 Å². The van der Waals surface area contributed by atoms with Gasteiger partial charge in [-0.05, 0) is 13.0 Å². The number of hydrogen-bond donors (Lipinski definition) is 1. The summed E-state index contributed by atoms with van der Waals surface area (Å²) < 4.78 is 43.7. The van der Waals surface area contributed by atoms with Gasteiger partial charge in [0.15, 0.2) is 5.82 Å². The van der Waals surface area contributed by atoms with Crippen molar-refractivity contribution < 1.29 is 13.2 Å². The highest BCUT2D eigenvalue weighted by Gasteiger charge is 2.17. The van der Waals surface area contributed by atoms with E-state index >= 15 is 0 Å². The summed E-state index contributed by atoms with van der Waals surface area (Å²) in [5.41, 5.74) is -0.399. The minimum atomic E-state index is -1.03. The van der Waals surface area contributed by atoms with Crippen molar-refractivity contribution >= 4 is 17.3 Å². The third-order valence-electron chi connectivity index (χ3n) is 4.09. The van der Waals surface area contributed by atoms with Crippen molar-refractivity contribution in [3.05, 3.63) is 86.2 Å². The molecule has 4 aromatic rings. The maximum Gasteiger partial charge on any atom is 0.283 e. The zero-order valence-corrected chi connectivity index (χ0v) is 15.6. The van der Waals surface area contributed by atoms with Gasteiger partial charge in [-0.1, -0.05) is 0 Å². The molecule has 0 bridgehead atoms. The number of nitrogens with one attached hydrogen (secondary N) is 1. The molecule has 0 atom stereocenters. The predicted molar refractivity (Wildman–Crippen MR) is 99.8 cm³/mol. The summed E-state index contributed by atoms with van der Waals surface area (Å²) in [6, 6.07) is 2.77. The van der Waals surface area contributed by atoms with Crippen molar-refractivity contribution in [2.75, 3.05) is 0 Å². The molecule has 0 aliphatic heterocycles. The Labute approximate surface area is 164 Å². The van der Waals surface area contributed by atoms with E-state index in [9.17, 15) is 22.8 Å². The monoisotopic (exact) mass is 419 g/mol. The van der Waals surface area contributed by atoms with E-state index in [1.165, 1.54) is 21.5 Å². The molecule has 0 spiro atoms. The summed E-state index contributed by atoms with van der Waals surface area (Å²) >= 11 is 0.939. The number of hydrogen-bond acceptors (Lipinski definition) is 5.